The van der Waals surface area contributed by atoms with Crippen LogP contribution in [0.25, 0.3) is 10.9 Å². The number of carbonyl (C=O) groups is 1. The summed E-state index contributed by atoms with van der Waals surface area (Å²) in [6, 6.07) is 8.36. The van der Waals surface area contributed by atoms with Gasteiger partial charge in [0.25, 0.3) is 6.47 Å². The molecule has 1 aromatic heterocycles. The highest BCUT2D eigenvalue weighted by atomic mass is 79.9. The summed E-state index contributed by atoms with van der Waals surface area (Å²) in [5.41, 5.74) is 2.41. The minimum absolute atomic E-state index is 0.431. The zero-order valence-corrected chi connectivity index (χ0v) is 10.9. The molecule has 0 saturated heterocycles. The molecule has 1 aromatic carbocycles. The van der Waals surface area contributed by atoms with Gasteiger partial charge in [-0.2, -0.15) is 0 Å². The van der Waals surface area contributed by atoms with Gasteiger partial charge in [0.1, 0.15) is 0 Å². The van der Waals surface area contributed by atoms with Crippen LogP contribution in [0.3, 0.4) is 0 Å². The highest BCUT2D eigenvalue weighted by Crippen LogP contribution is 2.19. The van der Waals surface area contributed by atoms with Gasteiger partial charge < -0.3 is 9.72 Å². The number of benzene rings is 1. The van der Waals surface area contributed by atoms with E-state index in [4.69, 9.17) is 0 Å². The quantitative estimate of drug-likeness (QED) is 0.858. The van der Waals surface area contributed by atoms with Crippen LogP contribution in [0, 0.1) is 6.92 Å². The van der Waals surface area contributed by atoms with E-state index >= 15 is 0 Å². The minimum Gasteiger partial charge on any atom is -0.468 e. The fourth-order valence-electron chi connectivity index (χ4n) is 1.32. The highest BCUT2D eigenvalue weighted by Gasteiger charge is 1.96. The van der Waals surface area contributed by atoms with Gasteiger partial charge in [0.05, 0.1) is 6.61 Å². The molecule has 0 radical (unpaired) electrons. The molecule has 0 spiro atoms. The smallest absolute Gasteiger partial charge is 0.293 e. The van der Waals surface area contributed by atoms with Crippen LogP contribution in [0.5, 0.6) is 0 Å². The number of H-pyrrole nitrogens is 1. The number of nitrogens with one attached hydrogen (secondary N) is 1. The lowest BCUT2D eigenvalue weighted by Gasteiger charge is -1.89. The average Bonchev–Trinajstić information content (AvgIpc) is 2.59. The van der Waals surface area contributed by atoms with Crippen molar-refractivity contribution in [3.05, 3.63) is 34.4 Å². The van der Waals surface area contributed by atoms with E-state index < -0.39 is 0 Å². The number of hydrogen-bond acceptors (Lipinski definition) is 2. The number of aromatic nitrogens is 1. The summed E-state index contributed by atoms with van der Waals surface area (Å²) in [6.07, 6.45) is 0. The number of hydrogen-bond donors (Lipinski definition) is 1. The molecule has 2 aromatic rings. The first kappa shape index (κ1) is 12.8. The van der Waals surface area contributed by atoms with E-state index in [-0.39, 0.29) is 0 Å². The van der Waals surface area contributed by atoms with Crippen LogP contribution in [-0.2, 0) is 9.53 Å². The largest absolute Gasteiger partial charge is 0.468 e. The first-order chi connectivity index (χ1) is 7.67. The average molecular weight is 284 g/mol. The molecule has 1 heterocycles. The second kappa shape index (κ2) is 6.33. The van der Waals surface area contributed by atoms with Crippen molar-refractivity contribution in [3.63, 3.8) is 0 Å². The molecule has 0 aliphatic heterocycles. The van der Waals surface area contributed by atoms with Crippen molar-refractivity contribution in [1.29, 1.82) is 0 Å². The van der Waals surface area contributed by atoms with Crippen LogP contribution >= 0.6 is 15.9 Å². The van der Waals surface area contributed by atoms with Crippen LogP contribution < -0.4 is 0 Å². The number of carbonyl (C=O) groups excluding carboxylic acids is 1. The molecule has 0 atom stereocenters. The maximum absolute atomic E-state index is 9.18. The van der Waals surface area contributed by atoms with E-state index in [1.165, 1.54) is 16.6 Å². The molecular weight excluding hydrogens is 270 g/mol. The van der Waals surface area contributed by atoms with Gasteiger partial charge in [-0.25, -0.2) is 0 Å². The maximum Gasteiger partial charge on any atom is 0.293 e. The predicted octanol–water partition coefficient (Wildman–Crippen LogP) is 3.42. The van der Waals surface area contributed by atoms with Crippen LogP contribution in [0.2, 0.25) is 0 Å². The molecule has 0 saturated carbocycles. The Morgan fingerprint density at radius 3 is 2.75 bits per heavy atom. The second-order valence-corrected chi connectivity index (χ2v) is 4.15. The van der Waals surface area contributed by atoms with E-state index in [1.54, 1.807) is 6.92 Å². The fourth-order valence-corrected chi connectivity index (χ4v) is 1.70. The van der Waals surface area contributed by atoms with Crippen molar-refractivity contribution in [2.24, 2.45) is 0 Å². The van der Waals surface area contributed by atoms with Gasteiger partial charge in [0.15, 0.2) is 0 Å². The third-order valence-electron chi connectivity index (χ3n) is 1.95. The van der Waals surface area contributed by atoms with Crippen LogP contribution in [0.15, 0.2) is 28.7 Å². The standard InChI is InChI=1S/C9H8BrN.C3H6O2/c1-6-4-7-5-8(10)2-3-9(7)11-6;1-2-5-3-4/h2-5,11H,1H3;3H,2H2,1H3. The Labute approximate surface area is 103 Å². The summed E-state index contributed by atoms with van der Waals surface area (Å²) in [5.74, 6) is 0. The second-order valence-electron chi connectivity index (χ2n) is 3.24. The van der Waals surface area contributed by atoms with Crippen molar-refractivity contribution in [3.8, 4) is 0 Å². The Hall–Kier alpha value is -1.29. The van der Waals surface area contributed by atoms with Crippen molar-refractivity contribution in [2.45, 2.75) is 13.8 Å². The molecule has 4 heteroatoms. The van der Waals surface area contributed by atoms with Gasteiger partial charge >= 0.3 is 0 Å². The fraction of sp³-hybridized carbons (Fsp3) is 0.250. The molecule has 16 heavy (non-hydrogen) atoms. The Bertz CT molecular complexity index is 465. The number of fused-ring (bicyclic) bond motifs is 1. The zero-order valence-electron chi connectivity index (χ0n) is 9.29. The lowest BCUT2D eigenvalue weighted by Crippen LogP contribution is -1.80. The van der Waals surface area contributed by atoms with Gasteiger partial charge in [0.2, 0.25) is 0 Å². The minimum atomic E-state index is 0.431. The molecule has 0 amide bonds. The number of halogens is 1. The lowest BCUT2D eigenvalue weighted by molar-refractivity contribution is -0.128. The predicted molar refractivity (Wildman–Crippen MR) is 68.4 cm³/mol. The number of rotatable bonds is 2. The van der Waals surface area contributed by atoms with Crippen molar-refractivity contribution in [2.75, 3.05) is 6.61 Å². The van der Waals surface area contributed by atoms with Gasteiger partial charge in [-0.05, 0) is 38.1 Å². The van der Waals surface area contributed by atoms with Gasteiger partial charge in [-0.15, -0.1) is 0 Å². The first-order valence-electron chi connectivity index (χ1n) is 4.97. The van der Waals surface area contributed by atoms with Crippen LogP contribution in [-0.4, -0.2) is 18.1 Å². The number of aryl methyl sites for hydroxylation is 1. The topological polar surface area (TPSA) is 42.1 Å². The molecule has 86 valence electrons. The molecule has 0 fully saturated rings. The Morgan fingerprint density at radius 1 is 1.44 bits per heavy atom. The van der Waals surface area contributed by atoms with Crippen molar-refractivity contribution >= 4 is 33.3 Å². The number of aromatic amines is 1. The van der Waals surface area contributed by atoms with E-state index in [9.17, 15) is 4.79 Å². The molecular formula is C12H14BrNO2. The Kier molecular flexibility index (Phi) is 5.05. The Morgan fingerprint density at radius 2 is 2.19 bits per heavy atom. The SMILES string of the molecule is CCOC=O.Cc1cc2cc(Br)ccc2[nH]1. The number of ether oxygens (including phenoxy) is 1. The van der Waals surface area contributed by atoms with Crippen LogP contribution in [0.4, 0.5) is 0 Å². The molecule has 1 N–H and O–H groups in total. The van der Waals surface area contributed by atoms with Crippen molar-refractivity contribution in [1.82, 2.24) is 4.98 Å². The molecule has 2 rings (SSSR count). The van der Waals surface area contributed by atoms with Crippen molar-refractivity contribution < 1.29 is 9.53 Å². The summed E-state index contributed by atoms with van der Waals surface area (Å²) >= 11 is 3.43. The third-order valence-corrected chi connectivity index (χ3v) is 2.45. The van der Waals surface area contributed by atoms with Gasteiger partial charge in [-0.1, -0.05) is 15.9 Å². The summed E-state index contributed by atoms with van der Waals surface area (Å²) < 4.78 is 5.28. The van der Waals surface area contributed by atoms with Gasteiger partial charge in [0, 0.05) is 21.1 Å². The molecule has 0 aliphatic rings. The van der Waals surface area contributed by atoms with E-state index in [0.29, 0.717) is 13.1 Å². The molecule has 0 unspecified atom stereocenters. The third kappa shape index (κ3) is 3.70. The summed E-state index contributed by atoms with van der Waals surface area (Å²) in [7, 11) is 0. The zero-order chi connectivity index (χ0) is 12.0. The summed E-state index contributed by atoms with van der Waals surface area (Å²) in [5, 5.41) is 1.26. The normalized spacial score (nSPS) is 9.44. The summed E-state index contributed by atoms with van der Waals surface area (Å²) in [6.45, 7) is 4.73. The highest BCUT2D eigenvalue weighted by molar-refractivity contribution is 9.10. The van der Waals surface area contributed by atoms with E-state index in [2.05, 4.69) is 50.8 Å². The summed E-state index contributed by atoms with van der Waals surface area (Å²) in [4.78, 5) is 12.4. The first-order valence-corrected chi connectivity index (χ1v) is 5.76. The van der Waals surface area contributed by atoms with Crippen LogP contribution in [0.1, 0.15) is 12.6 Å². The van der Waals surface area contributed by atoms with E-state index in [1.807, 2.05) is 6.07 Å². The molecule has 0 bridgehead atoms. The monoisotopic (exact) mass is 283 g/mol. The molecule has 3 nitrogen and oxygen atoms in total. The van der Waals surface area contributed by atoms with E-state index in [0.717, 1.165) is 4.47 Å². The maximum atomic E-state index is 9.18. The molecule has 0 aliphatic carbocycles. The Balaban J connectivity index is 0.000000221. The van der Waals surface area contributed by atoms with Gasteiger partial charge in [-0.3, -0.25) is 4.79 Å². The lowest BCUT2D eigenvalue weighted by atomic mass is 10.2.